The van der Waals surface area contributed by atoms with E-state index in [1.165, 1.54) is 5.56 Å². The van der Waals surface area contributed by atoms with Crippen molar-refractivity contribution in [2.75, 3.05) is 33.3 Å². The number of carbonyl (C=O) groups excluding carboxylic acids is 1. The first kappa shape index (κ1) is 23.6. The van der Waals surface area contributed by atoms with Gasteiger partial charge < -0.3 is 9.64 Å². The van der Waals surface area contributed by atoms with E-state index in [4.69, 9.17) is 27.9 Å². The highest BCUT2D eigenvalue weighted by Gasteiger charge is 2.38. The summed E-state index contributed by atoms with van der Waals surface area (Å²) in [6.07, 6.45) is 4.79. The summed E-state index contributed by atoms with van der Waals surface area (Å²) < 4.78 is 5.86. The van der Waals surface area contributed by atoms with Crippen LogP contribution >= 0.6 is 23.2 Å². The van der Waals surface area contributed by atoms with Gasteiger partial charge in [0.05, 0.1) is 27.2 Å². The van der Waals surface area contributed by atoms with Crippen molar-refractivity contribution in [3.8, 4) is 0 Å². The van der Waals surface area contributed by atoms with Crippen molar-refractivity contribution in [2.45, 2.75) is 31.4 Å². The van der Waals surface area contributed by atoms with Crippen LogP contribution in [0.5, 0.6) is 0 Å². The standard InChI is InChI=1S/C27H29Cl2N3O2/c1-34-26-17-32(16-19(26)14-18-6-7-23(28)24(29)15-18)20-9-12-31(13-10-20)27(33)22-8-11-30-25-5-3-2-4-21(22)25/h2-8,11,15,19-20,26H,9-10,12-14,16-17H2,1H3/t19?,26-/m1/s1. The van der Waals surface area contributed by atoms with E-state index in [0.717, 1.165) is 61.9 Å². The van der Waals surface area contributed by atoms with Gasteiger partial charge in [-0.15, -0.1) is 0 Å². The average Bonchev–Trinajstić information content (AvgIpc) is 3.28. The number of pyridine rings is 1. The molecule has 0 bridgehead atoms. The minimum absolute atomic E-state index is 0.103. The smallest absolute Gasteiger partial charge is 0.254 e. The van der Waals surface area contributed by atoms with E-state index in [1.54, 1.807) is 13.3 Å². The summed E-state index contributed by atoms with van der Waals surface area (Å²) in [4.78, 5) is 22.2. The number of aromatic nitrogens is 1. The number of methoxy groups -OCH3 is 1. The van der Waals surface area contributed by atoms with E-state index < -0.39 is 0 Å². The van der Waals surface area contributed by atoms with E-state index in [-0.39, 0.29) is 12.0 Å². The number of para-hydroxylation sites is 1. The minimum atomic E-state index is 0.103. The number of ether oxygens (including phenoxy) is 1. The molecule has 2 aliphatic rings. The maximum atomic E-state index is 13.3. The quantitative estimate of drug-likeness (QED) is 0.477. The second-order valence-corrected chi connectivity index (χ2v) is 10.2. The average molecular weight is 498 g/mol. The first-order valence-corrected chi connectivity index (χ1v) is 12.6. The Labute approximate surface area is 210 Å². The van der Waals surface area contributed by atoms with Crippen LogP contribution in [0.4, 0.5) is 0 Å². The van der Waals surface area contributed by atoms with Gasteiger partial charge in [0.1, 0.15) is 0 Å². The third-order valence-corrected chi connectivity index (χ3v) is 8.08. The molecule has 5 rings (SSSR count). The number of benzene rings is 2. The highest BCUT2D eigenvalue weighted by molar-refractivity contribution is 6.42. The first-order chi connectivity index (χ1) is 16.5. The van der Waals surface area contributed by atoms with Crippen LogP contribution in [0, 0.1) is 5.92 Å². The molecule has 178 valence electrons. The van der Waals surface area contributed by atoms with Gasteiger partial charge in [-0.25, -0.2) is 0 Å². The third-order valence-electron chi connectivity index (χ3n) is 7.34. The molecule has 2 aliphatic heterocycles. The Bertz CT molecular complexity index is 1170. The highest BCUT2D eigenvalue weighted by Crippen LogP contribution is 2.31. The lowest BCUT2D eigenvalue weighted by Gasteiger charge is -2.37. The summed E-state index contributed by atoms with van der Waals surface area (Å²) in [6, 6.07) is 16.0. The number of piperidine rings is 1. The molecule has 2 atom stereocenters. The van der Waals surface area contributed by atoms with Gasteiger partial charge in [0.2, 0.25) is 0 Å². The lowest BCUT2D eigenvalue weighted by molar-refractivity contribution is 0.0586. The van der Waals surface area contributed by atoms with Crippen LogP contribution in [0.2, 0.25) is 10.0 Å². The summed E-state index contributed by atoms with van der Waals surface area (Å²) in [5, 5.41) is 2.11. The molecule has 7 heteroatoms. The molecule has 0 aliphatic carbocycles. The van der Waals surface area contributed by atoms with Gasteiger partial charge in [-0.05, 0) is 49.1 Å². The van der Waals surface area contributed by atoms with E-state index in [9.17, 15) is 4.79 Å². The van der Waals surface area contributed by atoms with Crippen molar-refractivity contribution in [1.82, 2.24) is 14.8 Å². The topological polar surface area (TPSA) is 45.7 Å². The Morgan fingerprint density at radius 2 is 1.85 bits per heavy atom. The van der Waals surface area contributed by atoms with Crippen molar-refractivity contribution in [2.24, 2.45) is 5.92 Å². The maximum absolute atomic E-state index is 13.3. The largest absolute Gasteiger partial charge is 0.380 e. The molecule has 5 nitrogen and oxygen atoms in total. The Hall–Kier alpha value is -2.18. The fourth-order valence-corrected chi connectivity index (χ4v) is 5.81. The Kier molecular flexibility index (Phi) is 7.07. The second kappa shape index (κ2) is 10.2. The summed E-state index contributed by atoms with van der Waals surface area (Å²) in [6.45, 7) is 3.46. The predicted molar refractivity (Wildman–Crippen MR) is 137 cm³/mol. The fraction of sp³-hybridized carbons (Fsp3) is 0.407. The van der Waals surface area contributed by atoms with Gasteiger partial charge in [-0.1, -0.05) is 47.5 Å². The summed E-state index contributed by atoms with van der Waals surface area (Å²) in [5.41, 5.74) is 2.79. The SMILES string of the molecule is CO[C@@H]1CN(C2CCN(C(=O)c3ccnc4ccccc34)CC2)CC1Cc1ccc(Cl)c(Cl)c1. The van der Waals surface area contributed by atoms with Gasteiger partial charge in [-0.3, -0.25) is 14.7 Å². The Morgan fingerprint density at radius 1 is 1.06 bits per heavy atom. The number of nitrogens with zero attached hydrogens (tertiary/aromatic N) is 3. The van der Waals surface area contributed by atoms with Crippen LogP contribution in [0.3, 0.4) is 0 Å². The van der Waals surface area contributed by atoms with Crippen LogP contribution < -0.4 is 0 Å². The minimum Gasteiger partial charge on any atom is -0.380 e. The summed E-state index contributed by atoms with van der Waals surface area (Å²) in [5.74, 6) is 0.510. The molecule has 1 aromatic heterocycles. The second-order valence-electron chi connectivity index (χ2n) is 9.34. The van der Waals surface area contributed by atoms with E-state index in [0.29, 0.717) is 22.0 Å². The number of carbonyl (C=O) groups is 1. The molecular weight excluding hydrogens is 469 g/mol. The molecule has 0 radical (unpaired) electrons. The molecule has 2 aromatic carbocycles. The monoisotopic (exact) mass is 497 g/mol. The molecular formula is C27H29Cl2N3O2. The van der Waals surface area contributed by atoms with E-state index in [1.807, 2.05) is 47.4 Å². The zero-order valence-electron chi connectivity index (χ0n) is 19.3. The van der Waals surface area contributed by atoms with Crippen LogP contribution in [-0.2, 0) is 11.2 Å². The molecule has 0 N–H and O–H groups in total. The molecule has 34 heavy (non-hydrogen) atoms. The zero-order valence-corrected chi connectivity index (χ0v) is 20.8. The van der Waals surface area contributed by atoms with Gasteiger partial charge in [0.25, 0.3) is 5.91 Å². The lowest BCUT2D eigenvalue weighted by Crippen LogP contribution is -2.46. The molecule has 3 aromatic rings. The van der Waals surface area contributed by atoms with E-state index in [2.05, 4.69) is 16.0 Å². The maximum Gasteiger partial charge on any atom is 0.254 e. The van der Waals surface area contributed by atoms with Crippen LogP contribution in [0.1, 0.15) is 28.8 Å². The number of likely N-dealkylation sites (tertiary alicyclic amines) is 2. The molecule has 0 spiro atoms. The zero-order chi connectivity index (χ0) is 23.7. The van der Waals surface area contributed by atoms with Crippen molar-refractivity contribution < 1.29 is 9.53 Å². The van der Waals surface area contributed by atoms with Crippen molar-refractivity contribution in [1.29, 1.82) is 0 Å². The van der Waals surface area contributed by atoms with Crippen molar-refractivity contribution in [3.05, 3.63) is 75.9 Å². The number of halogens is 2. The number of hydrogen-bond acceptors (Lipinski definition) is 4. The van der Waals surface area contributed by atoms with Gasteiger partial charge in [0, 0.05) is 56.8 Å². The normalized spacial score (nSPS) is 21.9. The Balaban J connectivity index is 1.21. The molecule has 2 fully saturated rings. The van der Waals surface area contributed by atoms with Gasteiger partial charge in [0.15, 0.2) is 0 Å². The molecule has 1 unspecified atom stereocenters. The number of amides is 1. The molecule has 0 saturated carbocycles. The highest BCUT2D eigenvalue weighted by atomic mass is 35.5. The van der Waals surface area contributed by atoms with Crippen LogP contribution in [-0.4, -0.2) is 66.1 Å². The fourth-order valence-electron chi connectivity index (χ4n) is 5.49. The van der Waals surface area contributed by atoms with Crippen LogP contribution in [0.15, 0.2) is 54.7 Å². The molecule has 3 heterocycles. The Morgan fingerprint density at radius 3 is 2.62 bits per heavy atom. The first-order valence-electron chi connectivity index (χ1n) is 11.9. The molecule has 2 saturated heterocycles. The summed E-state index contributed by atoms with van der Waals surface area (Å²) in [7, 11) is 1.80. The van der Waals surface area contributed by atoms with Crippen LogP contribution in [0.25, 0.3) is 10.9 Å². The lowest BCUT2D eigenvalue weighted by atomic mass is 9.96. The van der Waals surface area contributed by atoms with Gasteiger partial charge in [-0.2, -0.15) is 0 Å². The van der Waals surface area contributed by atoms with Crippen molar-refractivity contribution in [3.63, 3.8) is 0 Å². The summed E-state index contributed by atoms with van der Waals surface area (Å²) >= 11 is 12.3. The molecule has 1 amide bonds. The number of rotatable bonds is 5. The van der Waals surface area contributed by atoms with E-state index >= 15 is 0 Å². The van der Waals surface area contributed by atoms with Gasteiger partial charge >= 0.3 is 0 Å². The third kappa shape index (κ3) is 4.80. The van der Waals surface area contributed by atoms with Crippen molar-refractivity contribution >= 4 is 40.0 Å². The number of fused-ring (bicyclic) bond motifs is 1. The predicted octanol–water partition coefficient (Wildman–Crippen LogP) is 5.34. The number of hydrogen-bond donors (Lipinski definition) is 0.